The first-order valence-corrected chi connectivity index (χ1v) is 13.3. The van der Waals surface area contributed by atoms with Gasteiger partial charge in [-0.15, -0.1) is 0 Å². The first-order valence-electron chi connectivity index (χ1n) is 13.3. The van der Waals surface area contributed by atoms with Crippen LogP contribution in [-0.2, 0) is 9.59 Å². The molecule has 0 radical (unpaired) electrons. The van der Waals surface area contributed by atoms with Gasteiger partial charge >= 0.3 is 5.97 Å². The molecule has 0 spiro atoms. The van der Waals surface area contributed by atoms with Gasteiger partial charge in [0.25, 0.3) is 0 Å². The summed E-state index contributed by atoms with van der Waals surface area (Å²) in [6.07, 6.45) is 0.113. The normalized spacial score (nSPS) is 19.2. The number of nitrogens with one attached hydrogen (secondary N) is 1. The van der Waals surface area contributed by atoms with Gasteiger partial charge in [0.2, 0.25) is 5.91 Å². The van der Waals surface area contributed by atoms with Gasteiger partial charge in [0.05, 0.1) is 18.6 Å². The molecule has 0 aromatic heterocycles. The number of aliphatic carboxylic acids is 1. The summed E-state index contributed by atoms with van der Waals surface area (Å²) in [4.78, 5) is 24.7. The second kappa shape index (κ2) is 12.0. The van der Waals surface area contributed by atoms with Crippen LogP contribution in [0.3, 0.4) is 0 Å². The third-order valence-electron chi connectivity index (χ3n) is 7.25. The highest BCUT2D eigenvalue weighted by Gasteiger charge is 2.41. The van der Waals surface area contributed by atoms with Crippen molar-refractivity contribution in [1.82, 2.24) is 5.32 Å². The Balaban J connectivity index is 1.80. The van der Waals surface area contributed by atoms with Crippen LogP contribution in [0.1, 0.15) is 63.5 Å². The molecule has 2 aromatic rings. The Bertz CT molecular complexity index is 1210. The molecule has 0 bridgehead atoms. The van der Waals surface area contributed by atoms with E-state index in [1.165, 1.54) is 12.1 Å². The molecule has 3 atom stereocenters. The molecule has 38 heavy (non-hydrogen) atoms. The predicted octanol–water partition coefficient (Wildman–Crippen LogP) is 4.96. The van der Waals surface area contributed by atoms with E-state index >= 15 is 0 Å². The number of benzene rings is 2. The topological polar surface area (TPSA) is 107 Å². The SMILES string of the molecule is CC(C)C1C(CC[C@@H](O)C[C@@H](O)CC(=O)O)=C(c2ccc(F)cc2)C(c2ccccc2)=C1C(=O)NC1CC1. The van der Waals surface area contributed by atoms with Gasteiger partial charge in [-0.25, -0.2) is 4.39 Å². The van der Waals surface area contributed by atoms with Crippen molar-refractivity contribution in [2.75, 3.05) is 0 Å². The van der Waals surface area contributed by atoms with Crippen LogP contribution in [0.2, 0.25) is 0 Å². The highest BCUT2D eigenvalue weighted by molar-refractivity contribution is 6.19. The van der Waals surface area contributed by atoms with Crippen molar-refractivity contribution < 1.29 is 29.3 Å². The summed E-state index contributed by atoms with van der Waals surface area (Å²) in [5.41, 5.74) is 5.05. The van der Waals surface area contributed by atoms with E-state index in [0.717, 1.165) is 40.7 Å². The number of halogens is 1. The van der Waals surface area contributed by atoms with Crippen LogP contribution in [0.25, 0.3) is 11.1 Å². The summed E-state index contributed by atoms with van der Waals surface area (Å²) in [7, 11) is 0. The van der Waals surface area contributed by atoms with Gasteiger partial charge in [-0.2, -0.15) is 0 Å². The number of rotatable bonds is 12. The van der Waals surface area contributed by atoms with Crippen LogP contribution in [0, 0.1) is 17.7 Å². The lowest BCUT2D eigenvalue weighted by atomic mass is 9.81. The number of hydrogen-bond donors (Lipinski definition) is 4. The third kappa shape index (κ3) is 6.58. The smallest absolute Gasteiger partial charge is 0.305 e. The summed E-state index contributed by atoms with van der Waals surface area (Å²) in [6.45, 7) is 4.14. The molecule has 0 heterocycles. The van der Waals surface area contributed by atoms with Crippen LogP contribution in [0.4, 0.5) is 4.39 Å². The van der Waals surface area contributed by atoms with E-state index < -0.39 is 24.6 Å². The van der Waals surface area contributed by atoms with Gasteiger partial charge in [-0.3, -0.25) is 9.59 Å². The van der Waals surface area contributed by atoms with E-state index in [2.05, 4.69) is 19.2 Å². The zero-order chi connectivity index (χ0) is 27.4. The molecule has 1 amide bonds. The number of carboxylic acids is 1. The second-order valence-corrected chi connectivity index (χ2v) is 10.7. The van der Waals surface area contributed by atoms with Gasteiger partial charge in [-0.05, 0) is 72.4 Å². The maximum absolute atomic E-state index is 13.9. The molecule has 202 valence electrons. The molecule has 0 saturated heterocycles. The van der Waals surface area contributed by atoms with Crippen molar-refractivity contribution in [3.8, 4) is 0 Å². The predicted molar refractivity (Wildman–Crippen MR) is 144 cm³/mol. The van der Waals surface area contributed by atoms with Crippen LogP contribution >= 0.6 is 0 Å². The Labute approximate surface area is 222 Å². The minimum absolute atomic E-state index is 0.0498. The average Bonchev–Trinajstić information content (AvgIpc) is 3.60. The number of carboxylic acid groups (broad SMARTS) is 1. The average molecular weight is 522 g/mol. The van der Waals surface area contributed by atoms with E-state index in [1.54, 1.807) is 12.1 Å². The largest absolute Gasteiger partial charge is 0.481 e. The maximum Gasteiger partial charge on any atom is 0.305 e. The Morgan fingerprint density at radius 2 is 1.58 bits per heavy atom. The van der Waals surface area contributed by atoms with E-state index in [1.807, 2.05) is 30.3 Å². The van der Waals surface area contributed by atoms with Crippen molar-refractivity contribution in [3.05, 3.63) is 82.7 Å². The highest BCUT2D eigenvalue weighted by atomic mass is 19.1. The van der Waals surface area contributed by atoms with Gasteiger partial charge in [0, 0.05) is 17.5 Å². The van der Waals surface area contributed by atoms with E-state index in [9.17, 15) is 24.2 Å². The second-order valence-electron chi connectivity index (χ2n) is 10.7. The molecule has 2 aliphatic carbocycles. The summed E-state index contributed by atoms with van der Waals surface area (Å²) < 4.78 is 13.9. The maximum atomic E-state index is 13.9. The van der Waals surface area contributed by atoms with Crippen molar-refractivity contribution >= 4 is 23.0 Å². The number of carbonyl (C=O) groups is 2. The highest BCUT2D eigenvalue weighted by Crippen LogP contribution is 2.51. The van der Waals surface area contributed by atoms with Gasteiger partial charge in [0.15, 0.2) is 0 Å². The minimum Gasteiger partial charge on any atom is -0.481 e. The van der Waals surface area contributed by atoms with Crippen molar-refractivity contribution in [3.63, 3.8) is 0 Å². The first kappa shape index (κ1) is 27.7. The number of carbonyl (C=O) groups excluding carboxylic acids is 1. The van der Waals surface area contributed by atoms with Crippen molar-refractivity contribution in [2.45, 2.75) is 70.6 Å². The fraction of sp³-hybridized carbons (Fsp3) is 0.419. The zero-order valence-electron chi connectivity index (χ0n) is 21.9. The number of hydrogen-bond acceptors (Lipinski definition) is 4. The lowest BCUT2D eigenvalue weighted by Gasteiger charge is -2.24. The zero-order valence-corrected chi connectivity index (χ0v) is 21.9. The van der Waals surface area contributed by atoms with Crippen LogP contribution in [-0.4, -0.2) is 45.4 Å². The number of allylic oxidation sites excluding steroid dienone is 3. The minimum atomic E-state index is -1.14. The van der Waals surface area contributed by atoms with E-state index in [4.69, 9.17) is 5.11 Å². The molecule has 0 aliphatic heterocycles. The Kier molecular flexibility index (Phi) is 8.80. The lowest BCUT2D eigenvalue weighted by Crippen LogP contribution is -2.31. The third-order valence-corrected chi connectivity index (χ3v) is 7.25. The van der Waals surface area contributed by atoms with Crippen LogP contribution in [0.15, 0.2) is 65.7 Å². The van der Waals surface area contributed by atoms with Gasteiger partial charge in [0.1, 0.15) is 5.82 Å². The molecule has 7 heteroatoms. The van der Waals surface area contributed by atoms with E-state index in [0.29, 0.717) is 18.4 Å². The molecular formula is C31H36FNO5. The number of amides is 1. The van der Waals surface area contributed by atoms with Gasteiger partial charge < -0.3 is 20.6 Å². The van der Waals surface area contributed by atoms with Crippen LogP contribution < -0.4 is 5.32 Å². The lowest BCUT2D eigenvalue weighted by molar-refractivity contribution is -0.139. The monoisotopic (exact) mass is 521 g/mol. The molecule has 4 N–H and O–H groups in total. The summed E-state index contributed by atoms with van der Waals surface area (Å²) in [5, 5.41) is 32.8. The molecule has 4 rings (SSSR count). The van der Waals surface area contributed by atoms with Crippen molar-refractivity contribution in [1.29, 1.82) is 0 Å². The molecule has 1 unspecified atom stereocenters. The summed E-state index contributed by atoms with van der Waals surface area (Å²) in [6, 6.07) is 16.2. The fourth-order valence-electron chi connectivity index (χ4n) is 5.43. The Morgan fingerprint density at radius 1 is 0.947 bits per heavy atom. The summed E-state index contributed by atoms with van der Waals surface area (Å²) in [5.74, 6) is -1.73. The molecule has 1 fully saturated rings. The molecule has 2 aliphatic rings. The summed E-state index contributed by atoms with van der Waals surface area (Å²) >= 11 is 0. The standard InChI is InChI=1S/C31H36FNO5/c1-18(2)27-25(15-14-23(34)16-24(35)17-26(36)37)28(20-8-10-21(32)11-9-20)29(19-6-4-3-5-7-19)30(27)31(38)33-22-12-13-22/h3-11,18,22-24,27,34-35H,12-17H2,1-2H3,(H,33,38)(H,36,37)/t23-,24-,27?/m1/s1. The van der Waals surface area contributed by atoms with Gasteiger partial charge in [-0.1, -0.05) is 61.9 Å². The molecule has 2 aromatic carbocycles. The number of aliphatic hydroxyl groups is 2. The number of aliphatic hydroxyl groups excluding tert-OH is 2. The Hall–Kier alpha value is -3.29. The van der Waals surface area contributed by atoms with Crippen molar-refractivity contribution in [2.24, 2.45) is 11.8 Å². The molecule has 6 nitrogen and oxygen atoms in total. The van der Waals surface area contributed by atoms with Crippen LogP contribution in [0.5, 0.6) is 0 Å². The Morgan fingerprint density at radius 3 is 2.16 bits per heavy atom. The molecular weight excluding hydrogens is 485 g/mol. The first-order chi connectivity index (χ1) is 18.2. The van der Waals surface area contributed by atoms with E-state index in [-0.39, 0.29) is 36.0 Å². The fourth-order valence-corrected chi connectivity index (χ4v) is 5.43. The quantitative estimate of drug-likeness (QED) is 0.316. The molecule has 1 saturated carbocycles.